The minimum Gasteiger partial charge on any atom is -0.352 e. The molecule has 0 spiro atoms. The van der Waals surface area contributed by atoms with Crippen LogP contribution >= 0.6 is 0 Å². The highest BCUT2D eigenvalue weighted by Crippen LogP contribution is 2.32. The first-order valence-electron chi connectivity index (χ1n) is 12.3. The Morgan fingerprint density at radius 1 is 1.03 bits per heavy atom. The molecule has 1 aromatic carbocycles. The van der Waals surface area contributed by atoms with Crippen LogP contribution in [0.2, 0.25) is 0 Å². The van der Waals surface area contributed by atoms with Gasteiger partial charge in [-0.1, -0.05) is 18.2 Å². The summed E-state index contributed by atoms with van der Waals surface area (Å²) in [4.78, 5) is 46.0. The molecule has 2 aromatic rings. The first kappa shape index (κ1) is 21.3. The van der Waals surface area contributed by atoms with Gasteiger partial charge in [0.05, 0.1) is 0 Å². The number of carbonyl (C=O) groups excluding carboxylic acids is 3. The molecule has 8 nitrogen and oxygen atoms in total. The van der Waals surface area contributed by atoms with Crippen LogP contribution in [0.5, 0.6) is 0 Å². The predicted molar refractivity (Wildman–Crippen MR) is 126 cm³/mol. The van der Waals surface area contributed by atoms with Crippen LogP contribution < -0.4 is 15.5 Å². The van der Waals surface area contributed by atoms with Crippen LogP contribution in [0.3, 0.4) is 0 Å². The van der Waals surface area contributed by atoms with Crippen molar-refractivity contribution in [1.82, 2.24) is 20.5 Å². The van der Waals surface area contributed by atoms with E-state index >= 15 is 0 Å². The summed E-state index contributed by atoms with van der Waals surface area (Å²) < 4.78 is 0. The monoisotopic (exact) mass is 459 g/mol. The third kappa shape index (κ3) is 3.76. The van der Waals surface area contributed by atoms with Crippen molar-refractivity contribution in [2.75, 3.05) is 24.5 Å². The average Bonchev–Trinajstić information content (AvgIpc) is 3.48. The molecule has 4 aliphatic rings. The zero-order chi connectivity index (χ0) is 23.2. The van der Waals surface area contributed by atoms with E-state index < -0.39 is 6.04 Å². The lowest BCUT2D eigenvalue weighted by atomic mass is 9.99. The number of pyridine rings is 1. The molecule has 0 saturated carbocycles. The molecule has 5 heterocycles. The smallest absolute Gasteiger partial charge is 0.255 e. The van der Waals surface area contributed by atoms with E-state index in [0.717, 1.165) is 55.8 Å². The molecule has 8 heteroatoms. The Balaban J connectivity index is 1.22. The van der Waals surface area contributed by atoms with E-state index in [4.69, 9.17) is 4.98 Å². The molecule has 0 bridgehead atoms. The van der Waals surface area contributed by atoms with Crippen molar-refractivity contribution in [3.05, 3.63) is 58.3 Å². The molecule has 2 fully saturated rings. The SMILES string of the molecule is O=C1CCC(N2Cc3ccc(CN4CCCc5ccc(C6CCNC6)nc54)cc3C2=O)C(=O)N1. The molecule has 4 aliphatic heterocycles. The molecule has 2 N–H and O–H groups in total. The first-order valence-corrected chi connectivity index (χ1v) is 12.3. The highest BCUT2D eigenvalue weighted by molar-refractivity contribution is 6.05. The van der Waals surface area contributed by atoms with Crippen molar-refractivity contribution in [1.29, 1.82) is 0 Å². The molecule has 0 radical (unpaired) electrons. The second kappa shape index (κ2) is 8.51. The molecule has 0 aliphatic carbocycles. The molecule has 2 atom stereocenters. The fraction of sp³-hybridized carbons (Fsp3) is 0.462. The van der Waals surface area contributed by atoms with Gasteiger partial charge >= 0.3 is 0 Å². The van der Waals surface area contributed by atoms with Gasteiger partial charge in [0, 0.05) is 49.8 Å². The second-order valence-electron chi connectivity index (χ2n) is 9.83. The van der Waals surface area contributed by atoms with Gasteiger partial charge in [0.15, 0.2) is 0 Å². The molecular weight excluding hydrogens is 430 g/mol. The van der Waals surface area contributed by atoms with Gasteiger partial charge in [-0.3, -0.25) is 19.7 Å². The summed E-state index contributed by atoms with van der Waals surface area (Å²) in [5.41, 5.74) is 5.13. The van der Waals surface area contributed by atoms with Gasteiger partial charge in [0.2, 0.25) is 11.8 Å². The third-order valence-electron chi connectivity index (χ3n) is 7.60. The van der Waals surface area contributed by atoms with Crippen molar-refractivity contribution >= 4 is 23.5 Å². The highest BCUT2D eigenvalue weighted by Gasteiger charge is 2.39. The van der Waals surface area contributed by atoms with Gasteiger partial charge < -0.3 is 15.1 Å². The first-order chi connectivity index (χ1) is 16.6. The van der Waals surface area contributed by atoms with Crippen molar-refractivity contribution in [2.24, 2.45) is 0 Å². The number of hydrogen-bond acceptors (Lipinski definition) is 6. The quantitative estimate of drug-likeness (QED) is 0.678. The van der Waals surface area contributed by atoms with Crippen LogP contribution in [0.15, 0.2) is 30.3 Å². The topological polar surface area (TPSA) is 94.6 Å². The number of imide groups is 1. The zero-order valence-corrected chi connectivity index (χ0v) is 19.2. The molecule has 1 aromatic heterocycles. The zero-order valence-electron chi connectivity index (χ0n) is 19.2. The number of aromatic nitrogens is 1. The van der Waals surface area contributed by atoms with Crippen LogP contribution in [0, 0.1) is 0 Å². The van der Waals surface area contributed by atoms with E-state index in [2.05, 4.69) is 33.7 Å². The Morgan fingerprint density at radius 2 is 1.91 bits per heavy atom. The van der Waals surface area contributed by atoms with Crippen molar-refractivity contribution in [3.63, 3.8) is 0 Å². The summed E-state index contributed by atoms with van der Waals surface area (Å²) >= 11 is 0. The maximum atomic E-state index is 13.2. The lowest BCUT2D eigenvalue weighted by molar-refractivity contribution is -0.136. The summed E-state index contributed by atoms with van der Waals surface area (Å²) in [6.07, 6.45) is 3.91. The summed E-state index contributed by atoms with van der Waals surface area (Å²) in [6, 6.07) is 9.92. The largest absolute Gasteiger partial charge is 0.352 e. The van der Waals surface area contributed by atoms with E-state index in [0.29, 0.717) is 31.0 Å². The minimum absolute atomic E-state index is 0.125. The molecule has 3 amide bonds. The average molecular weight is 460 g/mol. The maximum absolute atomic E-state index is 13.2. The number of hydrogen-bond donors (Lipinski definition) is 2. The number of carbonyl (C=O) groups is 3. The van der Waals surface area contributed by atoms with Crippen molar-refractivity contribution in [2.45, 2.75) is 57.2 Å². The number of fused-ring (bicyclic) bond motifs is 2. The fourth-order valence-corrected chi connectivity index (χ4v) is 5.74. The van der Waals surface area contributed by atoms with Gasteiger partial charge in [-0.15, -0.1) is 0 Å². The maximum Gasteiger partial charge on any atom is 0.255 e. The molecule has 34 heavy (non-hydrogen) atoms. The number of nitrogens with one attached hydrogen (secondary N) is 2. The molecule has 2 saturated heterocycles. The summed E-state index contributed by atoms with van der Waals surface area (Å²) in [5, 5.41) is 5.79. The third-order valence-corrected chi connectivity index (χ3v) is 7.60. The normalized spacial score (nSPS) is 24.3. The van der Waals surface area contributed by atoms with Crippen molar-refractivity contribution in [3.8, 4) is 0 Å². The summed E-state index contributed by atoms with van der Waals surface area (Å²) in [6.45, 7) is 4.09. The number of amides is 3. The highest BCUT2D eigenvalue weighted by atomic mass is 16.2. The number of aryl methyl sites for hydroxylation is 1. The Morgan fingerprint density at radius 3 is 2.74 bits per heavy atom. The van der Waals surface area contributed by atoms with Gasteiger partial charge in [-0.2, -0.15) is 0 Å². The van der Waals surface area contributed by atoms with Gasteiger partial charge in [-0.05, 0) is 61.1 Å². The van der Waals surface area contributed by atoms with Gasteiger partial charge in [0.25, 0.3) is 5.91 Å². The van der Waals surface area contributed by atoms with Crippen LogP contribution in [-0.4, -0.2) is 53.3 Å². The van der Waals surface area contributed by atoms with E-state index in [1.807, 2.05) is 12.1 Å². The lowest BCUT2D eigenvalue weighted by Crippen LogP contribution is -2.52. The molecule has 2 unspecified atom stereocenters. The lowest BCUT2D eigenvalue weighted by Gasteiger charge is -2.31. The number of anilines is 1. The number of benzene rings is 1. The van der Waals surface area contributed by atoms with Crippen molar-refractivity contribution < 1.29 is 14.4 Å². The van der Waals surface area contributed by atoms with E-state index in [-0.39, 0.29) is 24.1 Å². The second-order valence-corrected chi connectivity index (χ2v) is 9.83. The molecular formula is C26H29N5O3. The Bertz CT molecular complexity index is 1170. The fourth-order valence-electron chi connectivity index (χ4n) is 5.74. The van der Waals surface area contributed by atoms with Gasteiger partial charge in [0.1, 0.15) is 11.9 Å². The van der Waals surface area contributed by atoms with Crippen LogP contribution in [0.1, 0.15) is 64.3 Å². The van der Waals surface area contributed by atoms with E-state index in [1.54, 1.807) is 4.90 Å². The number of nitrogens with zero attached hydrogens (tertiary/aromatic N) is 3. The number of rotatable bonds is 4. The van der Waals surface area contributed by atoms with Crippen LogP contribution in [-0.2, 0) is 29.1 Å². The molecule has 176 valence electrons. The summed E-state index contributed by atoms with van der Waals surface area (Å²) in [7, 11) is 0. The van der Waals surface area contributed by atoms with E-state index in [9.17, 15) is 14.4 Å². The Labute approximate surface area is 198 Å². The molecule has 6 rings (SSSR count). The van der Waals surface area contributed by atoms with E-state index in [1.165, 1.54) is 11.3 Å². The minimum atomic E-state index is -0.581. The van der Waals surface area contributed by atoms with Crippen LogP contribution in [0.25, 0.3) is 0 Å². The summed E-state index contributed by atoms with van der Waals surface area (Å²) in [5.74, 6) is 0.787. The Kier molecular flexibility index (Phi) is 5.32. The van der Waals surface area contributed by atoms with Crippen LogP contribution in [0.4, 0.5) is 5.82 Å². The standard InChI is InChI=1S/C26H29N5O3/c32-23-8-7-22(25(33)29-23)31-15-19-4-3-16(12-20(19)26(31)34)14-30-11-1-2-17-5-6-21(28-24(17)30)18-9-10-27-13-18/h3-6,12,18,22,27H,1-2,7-11,13-15H2,(H,29,32,33). The number of piperidine rings is 1. The predicted octanol–water partition coefficient (Wildman–Crippen LogP) is 1.87. The van der Waals surface area contributed by atoms with Gasteiger partial charge in [-0.25, -0.2) is 4.98 Å². The Hall–Kier alpha value is -3.26.